The maximum absolute atomic E-state index is 13.8. The predicted molar refractivity (Wildman–Crippen MR) is 120 cm³/mol. The molecule has 1 unspecified atom stereocenters. The molecule has 1 aromatic carbocycles. The summed E-state index contributed by atoms with van der Waals surface area (Å²) in [5.74, 6) is -0.187. The molecule has 30 heavy (non-hydrogen) atoms. The van der Waals surface area contributed by atoms with Crippen molar-refractivity contribution >= 4 is 39.1 Å². The summed E-state index contributed by atoms with van der Waals surface area (Å²) in [6, 6.07) is 3.17. The lowest BCUT2D eigenvalue weighted by Crippen LogP contribution is -2.51. The standard InChI is InChI=1S/C21H32Cl2N2O4S/c1-5-7-8-20-16(6-2)14-24(9-10-29-4)21(26)15(3)25(20)30(27,28)19-12-17(22)11-18(23)13-19/h11-13,15-16,20H,5-10,14H2,1-4H3/t15?,16-,20-/m0/s1. The average molecular weight is 479 g/mol. The van der Waals surface area contributed by atoms with Gasteiger partial charge in [0.25, 0.3) is 0 Å². The number of nitrogens with zero attached hydrogens (tertiary/aromatic N) is 2. The second-order valence-electron chi connectivity index (χ2n) is 7.77. The zero-order valence-electron chi connectivity index (χ0n) is 18.1. The van der Waals surface area contributed by atoms with Gasteiger partial charge in [-0.25, -0.2) is 8.42 Å². The Balaban J connectivity index is 2.58. The van der Waals surface area contributed by atoms with Gasteiger partial charge in [-0.2, -0.15) is 4.31 Å². The molecule has 1 heterocycles. The Hall–Kier alpha value is -0.860. The van der Waals surface area contributed by atoms with Crippen molar-refractivity contribution in [3.05, 3.63) is 28.2 Å². The van der Waals surface area contributed by atoms with Gasteiger partial charge in [0.05, 0.1) is 11.5 Å². The number of carbonyl (C=O) groups is 1. The second-order valence-corrected chi connectivity index (χ2v) is 10.5. The summed E-state index contributed by atoms with van der Waals surface area (Å²) in [5, 5.41) is 0.488. The van der Waals surface area contributed by atoms with Crippen molar-refractivity contribution in [2.24, 2.45) is 5.92 Å². The number of benzene rings is 1. The van der Waals surface area contributed by atoms with Crippen LogP contribution in [-0.2, 0) is 19.6 Å². The van der Waals surface area contributed by atoms with E-state index in [1.54, 1.807) is 18.9 Å². The maximum Gasteiger partial charge on any atom is 0.244 e. The van der Waals surface area contributed by atoms with Gasteiger partial charge in [-0.05, 0) is 37.5 Å². The Kier molecular flexibility index (Phi) is 9.43. The number of rotatable bonds is 9. The molecule has 0 radical (unpaired) electrons. The number of ether oxygens (including phenoxy) is 1. The topological polar surface area (TPSA) is 66.9 Å². The Labute approximate surface area is 190 Å². The summed E-state index contributed by atoms with van der Waals surface area (Å²) >= 11 is 12.2. The number of amides is 1. The second kappa shape index (κ2) is 11.1. The third-order valence-corrected chi connectivity index (χ3v) is 8.14. The first-order valence-corrected chi connectivity index (χ1v) is 12.6. The predicted octanol–water partition coefficient (Wildman–Crippen LogP) is 4.45. The molecule has 1 aliphatic rings. The molecule has 1 aromatic rings. The number of halogens is 2. The third kappa shape index (κ3) is 5.68. The summed E-state index contributed by atoms with van der Waals surface area (Å²) in [5.41, 5.74) is 0. The molecule has 0 aliphatic carbocycles. The molecule has 6 nitrogen and oxygen atoms in total. The van der Waals surface area contributed by atoms with Gasteiger partial charge in [-0.3, -0.25) is 4.79 Å². The van der Waals surface area contributed by atoms with Crippen molar-refractivity contribution in [2.75, 3.05) is 26.8 Å². The minimum Gasteiger partial charge on any atom is -0.383 e. The van der Waals surface area contributed by atoms with E-state index in [4.69, 9.17) is 27.9 Å². The minimum atomic E-state index is -3.99. The molecule has 0 spiro atoms. The Morgan fingerprint density at radius 2 is 1.80 bits per heavy atom. The molecule has 1 saturated heterocycles. The number of methoxy groups -OCH3 is 1. The van der Waals surface area contributed by atoms with Crippen LogP contribution in [-0.4, -0.2) is 62.4 Å². The van der Waals surface area contributed by atoms with Gasteiger partial charge >= 0.3 is 0 Å². The van der Waals surface area contributed by atoms with Crippen LogP contribution in [0.2, 0.25) is 10.0 Å². The molecule has 170 valence electrons. The summed E-state index contributed by atoms with van der Waals surface area (Å²) in [7, 11) is -2.40. The van der Waals surface area contributed by atoms with Gasteiger partial charge < -0.3 is 9.64 Å². The zero-order valence-corrected chi connectivity index (χ0v) is 20.4. The van der Waals surface area contributed by atoms with Gasteiger partial charge in [0.2, 0.25) is 15.9 Å². The molecule has 0 N–H and O–H groups in total. The van der Waals surface area contributed by atoms with E-state index in [-0.39, 0.29) is 32.8 Å². The first-order chi connectivity index (χ1) is 14.2. The molecule has 0 bridgehead atoms. The largest absolute Gasteiger partial charge is 0.383 e. The number of hydrogen-bond donors (Lipinski definition) is 0. The van der Waals surface area contributed by atoms with Gasteiger partial charge in [-0.1, -0.05) is 56.3 Å². The van der Waals surface area contributed by atoms with E-state index in [1.165, 1.54) is 22.5 Å². The van der Waals surface area contributed by atoms with Crippen LogP contribution in [0.4, 0.5) is 0 Å². The summed E-state index contributed by atoms with van der Waals surface area (Å²) in [4.78, 5) is 15.0. The smallest absolute Gasteiger partial charge is 0.244 e. The van der Waals surface area contributed by atoms with E-state index in [0.717, 1.165) is 19.3 Å². The van der Waals surface area contributed by atoms with Crippen LogP contribution in [0.25, 0.3) is 0 Å². The van der Waals surface area contributed by atoms with Crippen molar-refractivity contribution in [2.45, 2.75) is 63.4 Å². The Morgan fingerprint density at radius 1 is 1.17 bits per heavy atom. The quantitative estimate of drug-likeness (QED) is 0.525. The van der Waals surface area contributed by atoms with E-state index in [2.05, 4.69) is 6.92 Å². The number of carbonyl (C=O) groups excluding carboxylic acids is 1. The molecule has 2 rings (SSSR count). The van der Waals surface area contributed by atoms with Crippen LogP contribution >= 0.6 is 23.2 Å². The minimum absolute atomic E-state index is 0.0151. The van der Waals surface area contributed by atoms with Crippen LogP contribution in [0.15, 0.2) is 23.1 Å². The van der Waals surface area contributed by atoms with E-state index in [1.807, 2.05) is 6.92 Å². The molecule has 9 heteroatoms. The van der Waals surface area contributed by atoms with Crippen LogP contribution in [0.5, 0.6) is 0 Å². The molecule has 0 saturated carbocycles. The number of sulfonamides is 1. The highest BCUT2D eigenvalue weighted by molar-refractivity contribution is 7.89. The molecular weight excluding hydrogens is 447 g/mol. The van der Waals surface area contributed by atoms with Crippen molar-refractivity contribution in [1.82, 2.24) is 9.21 Å². The average Bonchev–Trinajstić information content (AvgIpc) is 2.79. The fourth-order valence-corrected chi connectivity index (χ4v) is 6.72. The maximum atomic E-state index is 13.8. The molecular formula is C21H32Cl2N2O4S. The zero-order chi connectivity index (χ0) is 22.5. The molecule has 1 amide bonds. The highest BCUT2D eigenvalue weighted by Crippen LogP contribution is 2.34. The summed E-state index contributed by atoms with van der Waals surface area (Å²) < 4.78 is 34.1. The van der Waals surface area contributed by atoms with Crippen molar-refractivity contribution in [1.29, 1.82) is 0 Å². The van der Waals surface area contributed by atoms with Crippen LogP contribution in [0.1, 0.15) is 46.5 Å². The van der Waals surface area contributed by atoms with E-state index < -0.39 is 16.1 Å². The Bertz CT molecular complexity index is 814. The van der Waals surface area contributed by atoms with E-state index in [0.29, 0.717) is 26.1 Å². The number of unbranched alkanes of at least 4 members (excludes halogenated alkanes) is 1. The highest BCUT2D eigenvalue weighted by atomic mass is 35.5. The highest BCUT2D eigenvalue weighted by Gasteiger charge is 2.45. The first kappa shape index (κ1) is 25.4. The monoisotopic (exact) mass is 478 g/mol. The summed E-state index contributed by atoms with van der Waals surface area (Å²) in [6.07, 6.45) is 3.28. The van der Waals surface area contributed by atoms with Crippen LogP contribution < -0.4 is 0 Å². The van der Waals surface area contributed by atoms with Gasteiger partial charge in [-0.15, -0.1) is 0 Å². The molecule has 1 aliphatic heterocycles. The lowest BCUT2D eigenvalue weighted by molar-refractivity contribution is -0.134. The first-order valence-electron chi connectivity index (χ1n) is 10.4. The van der Waals surface area contributed by atoms with Gasteiger partial charge in [0.15, 0.2) is 0 Å². The fraction of sp³-hybridized carbons (Fsp3) is 0.667. The molecule has 0 aromatic heterocycles. The van der Waals surface area contributed by atoms with Gasteiger partial charge in [0, 0.05) is 36.3 Å². The lowest BCUT2D eigenvalue weighted by Gasteiger charge is -2.36. The number of hydrogen-bond acceptors (Lipinski definition) is 4. The normalized spacial score (nSPS) is 23.6. The fourth-order valence-electron chi connectivity index (χ4n) is 4.13. The SMILES string of the molecule is CCCC[C@H]1[C@@H](CC)CN(CCOC)C(=O)C(C)N1S(=O)(=O)c1cc(Cl)cc(Cl)c1. The van der Waals surface area contributed by atoms with Crippen molar-refractivity contribution < 1.29 is 17.9 Å². The third-order valence-electron chi connectivity index (χ3n) is 5.73. The molecule has 1 fully saturated rings. The van der Waals surface area contributed by atoms with Crippen molar-refractivity contribution in [3.63, 3.8) is 0 Å². The van der Waals surface area contributed by atoms with E-state index in [9.17, 15) is 13.2 Å². The van der Waals surface area contributed by atoms with E-state index >= 15 is 0 Å². The Morgan fingerprint density at radius 3 is 2.33 bits per heavy atom. The molecule has 3 atom stereocenters. The van der Waals surface area contributed by atoms with Crippen LogP contribution in [0, 0.1) is 5.92 Å². The van der Waals surface area contributed by atoms with Gasteiger partial charge in [0.1, 0.15) is 6.04 Å². The van der Waals surface area contributed by atoms with Crippen molar-refractivity contribution in [3.8, 4) is 0 Å². The lowest BCUT2D eigenvalue weighted by atomic mass is 9.92. The van der Waals surface area contributed by atoms with Crippen LogP contribution in [0.3, 0.4) is 0 Å². The summed E-state index contributed by atoms with van der Waals surface area (Å²) in [6.45, 7) is 7.15.